The van der Waals surface area contributed by atoms with Crippen molar-refractivity contribution in [2.75, 3.05) is 0 Å². The van der Waals surface area contributed by atoms with E-state index in [-0.39, 0.29) is 0 Å². The molecule has 0 spiro atoms. The molecule has 22 heavy (non-hydrogen) atoms. The van der Waals surface area contributed by atoms with E-state index in [4.69, 9.17) is 0 Å². The van der Waals surface area contributed by atoms with Crippen LogP contribution in [0, 0.1) is 0 Å². The highest BCUT2D eigenvalue weighted by Crippen LogP contribution is 2.54. The van der Waals surface area contributed by atoms with E-state index in [2.05, 4.69) is 0 Å². The molecule has 0 N–H and O–H groups in total. The normalized spacial score (nSPS) is 13.1. The lowest BCUT2D eigenvalue weighted by atomic mass is 10.0. The Hall–Kier alpha value is -1.81. The summed E-state index contributed by atoms with van der Waals surface area (Å²) in [6, 6.07) is 15.9. The molecule has 0 saturated carbocycles. The first kappa shape index (κ1) is 15.1. The summed E-state index contributed by atoms with van der Waals surface area (Å²) < 4.78 is 41.2. The maximum Gasteiger partial charge on any atom is 0.601 e. The molecular weight excluding hydrogens is 305 g/mol. The molecule has 0 nitrogen and oxygen atoms in total. The second kappa shape index (κ2) is 5.43. The Morgan fingerprint density at radius 1 is 0.909 bits per heavy atom. The van der Waals surface area contributed by atoms with E-state index in [1.165, 1.54) is 0 Å². The average molecular weight is 321 g/mol. The molecule has 0 amide bonds. The molecule has 1 unspecified atom stereocenters. The third-order valence-corrected chi connectivity index (χ3v) is 5.78. The summed E-state index contributed by atoms with van der Waals surface area (Å²) in [5.74, 6) is 0.298. The minimum Gasteiger partial charge on any atom is -0.118 e. The summed E-state index contributed by atoms with van der Waals surface area (Å²) in [6.07, 6.45) is 0. The van der Waals surface area contributed by atoms with Crippen molar-refractivity contribution in [3.8, 4) is 10.4 Å². The highest BCUT2D eigenvalue weighted by molar-refractivity contribution is 7.41. The smallest absolute Gasteiger partial charge is 0.118 e. The van der Waals surface area contributed by atoms with Gasteiger partial charge in [0.2, 0.25) is 0 Å². The lowest BCUT2D eigenvalue weighted by Gasteiger charge is -2.04. The molecule has 3 rings (SSSR count). The Morgan fingerprint density at radius 2 is 1.59 bits per heavy atom. The van der Waals surface area contributed by atoms with Crippen LogP contribution < -0.4 is 0 Å². The number of hydrogen-bond acceptors (Lipinski definition) is 0. The summed E-state index contributed by atoms with van der Waals surface area (Å²) in [6.45, 7) is 4.09. The van der Waals surface area contributed by atoms with Crippen LogP contribution >= 0.6 is 10.5 Å². The molecular formula is C18H16F3S+. The minimum absolute atomic E-state index is 0.298. The van der Waals surface area contributed by atoms with Crippen molar-refractivity contribution >= 4 is 20.6 Å². The third kappa shape index (κ3) is 2.63. The molecule has 0 saturated heterocycles. The topological polar surface area (TPSA) is 0 Å². The number of fused-ring (bicyclic) bond motifs is 1. The number of alkyl halides is 3. The van der Waals surface area contributed by atoms with Crippen molar-refractivity contribution in [1.82, 2.24) is 0 Å². The Kier molecular flexibility index (Phi) is 3.73. The Morgan fingerprint density at radius 3 is 2.18 bits per heavy atom. The van der Waals surface area contributed by atoms with Crippen molar-refractivity contribution in [3.63, 3.8) is 0 Å². The van der Waals surface area contributed by atoms with Crippen LogP contribution in [0.3, 0.4) is 0 Å². The summed E-state index contributed by atoms with van der Waals surface area (Å²) in [5, 5.41) is 0.700. The second-order valence-electron chi connectivity index (χ2n) is 5.58. The fourth-order valence-corrected chi connectivity index (χ4v) is 4.51. The summed E-state index contributed by atoms with van der Waals surface area (Å²) in [4.78, 5) is 0.365. The van der Waals surface area contributed by atoms with Crippen LogP contribution in [-0.4, -0.2) is 0 Å². The molecule has 1 aromatic heterocycles. The third-order valence-electron chi connectivity index (χ3n) is 3.72. The largest absolute Gasteiger partial charge is 0.601 e. The van der Waals surface area contributed by atoms with Crippen LogP contribution in [0.2, 0.25) is 0 Å². The molecule has 0 aliphatic heterocycles. The lowest BCUT2D eigenvalue weighted by molar-refractivity contribution is -0.0864. The van der Waals surface area contributed by atoms with Gasteiger partial charge in [-0.25, -0.2) is 0 Å². The highest BCUT2D eigenvalue weighted by Gasteiger charge is 2.48. The van der Waals surface area contributed by atoms with Gasteiger partial charge in [-0.05, 0) is 35.7 Å². The van der Waals surface area contributed by atoms with Crippen molar-refractivity contribution < 1.29 is 13.2 Å². The maximum atomic E-state index is 13.6. The molecule has 1 atom stereocenters. The van der Waals surface area contributed by atoms with Crippen LogP contribution in [0.4, 0.5) is 13.2 Å². The Bertz CT molecular complexity index is 798. The second-order valence-corrected chi connectivity index (χ2v) is 7.53. The van der Waals surface area contributed by atoms with Gasteiger partial charge in [-0.1, -0.05) is 38.1 Å². The predicted octanol–water partition coefficient (Wildman–Crippen LogP) is 6.86. The Labute approximate surface area is 130 Å². The first-order valence-electron chi connectivity index (χ1n) is 7.10. The zero-order valence-corrected chi connectivity index (χ0v) is 13.1. The van der Waals surface area contributed by atoms with Crippen molar-refractivity contribution in [2.24, 2.45) is 0 Å². The maximum absolute atomic E-state index is 13.6. The van der Waals surface area contributed by atoms with Crippen LogP contribution in [0.25, 0.3) is 20.5 Å². The zero-order valence-electron chi connectivity index (χ0n) is 12.3. The van der Waals surface area contributed by atoms with Gasteiger partial charge in [0.15, 0.2) is 9.58 Å². The summed E-state index contributed by atoms with van der Waals surface area (Å²) in [7, 11) is -1.87. The molecule has 4 heteroatoms. The van der Waals surface area contributed by atoms with Gasteiger partial charge in [-0.3, -0.25) is 0 Å². The first-order chi connectivity index (χ1) is 10.4. The van der Waals surface area contributed by atoms with E-state index in [0.29, 0.717) is 26.4 Å². The van der Waals surface area contributed by atoms with Gasteiger partial charge in [0.1, 0.15) is 10.5 Å². The number of rotatable bonds is 2. The van der Waals surface area contributed by atoms with Gasteiger partial charge in [-0.2, -0.15) is 0 Å². The highest BCUT2D eigenvalue weighted by atomic mass is 32.2. The molecule has 0 aliphatic rings. The fourth-order valence-electron chi connectivity index (χ4n) is 2.60. The van der Waals surface area contributed by atoms with E-state index in [9.17, 15) is 13.2 Å². The van der Waals surface area contributed by atoms with E-state index in [0.717, 1.165) is 5.56 Å². The van der Waals surface area contributed by atoms with Crippen molar-refractivity contribution in [3.05, 3.63) is 60.2 Å². The summed E-state index contributed by atoms with van der Waals surface area (Å²) >= 11 is 0. The summed E-state index contributed by atoms with van der Waals surface area (Å²) in [5.41, 5.74) is -2.55. The van der Waals surface area contributed by atoms with Gasteiger partial charge < -0.3 is 0 Å². The van der Waals surface area contributed by atoms with E-state index >= 15 is 0 Å². The first-order valence-corrected chi connectivity index (χ1v) is 8.32. The predicted molar refractivity (Wildman–Crippen MR) is 87.3 cm³/mol. The SMILES string of the molecule is CC(C)c1ccc2c(c1)cc(-c1ccccc1)[s+]2C(F)(F)F. The Balaban J connectivity index is 2.31. The van der Waals surface area contributed by atoms with Crippen molar-refractivity contribution in [1.29, 1.82) is 0 Å². The monoisotopic (exact) mass is 321 g/mol. The van der Waals surface area contributed by atoms with E-state index in [1.54, 1.807) is 36.4 Å². The minimum atomic E-state index is -4.26. The molecule has 114 valence electrons. The molecule has 3 aromatic rings. The van der Waals surface area contributed by atoms with Crippen LogP contribution in [0.1, 0.15) is 25.3 Å². The number of halogens is 3. The average Bonchev–Trinajstić information content (AvgIpc) is 2.86. The number of benzene rings is 2. The van der Waals surface area contributed by atoms with Gasteiger partial charge in [0.05, 0.1) is 0 Å². The van der Waals surface area contributed by atoms with Gasteiger partial charge in [0.25, 0.3) is 0 Å². The molecule has 2 aromatic carbocycles. The standard InChI is InChI=1S/C18H16F3S/c1-12(2)14-8-9-16-15(10-14)11-17(22(16)18(19,20)21)13-6-4-3-5-7-13/h3-12H,1-2H3/q+1. The van der Waals surface area contributed by atoms with Gasteiger partial charge in [-0.15, -0.1) is 13.2 Å². The quantitative estimate of drug-likeness (QED) is 0.452. The molecule has 0 radical (unpaired) electrons. The molecule has 0 bridgehead atoms. The number of thiophene rings is 1. The van der Waals surface area contributed by atoms with Gasteiger partial charge in [0, 0.05) is 17.0 Å². The number of hydrogen-bond donors (Lipinski definition) is 0. The molecule has 1 heterocycles. The molecule has 0 fully saturated rings. The molecule has 0 aliphatic carbocycles. The lowest BCUT2D eigenvalue weighted by Crippen LogP contribution is -1.96. The van der Waals surface area contributed by atoms with Crippen LogP contribution in [0.5, 0.6) is 0 Å². The fraction of sp³-hybridized carbons (Fsp3) is 0.222. The van der Waals surface area contributed by atoms with E-state index < -0.39 is 16.0 Å². The zero-order chi connectivity index (χ0) is 15.9. The van der Waals surface area contributed by atoms with Crippen molar-refractivity contribution in [2.45, 2.75) is 25.3 Å². The van der Waals surface area contributed by atoms with E-state index in [1.807, 2.05) is 32.0 Å². The van der Waals surface area contributed by atoms with Gasteiger partial charge >= 0.3 is 5.51 Å². The van der Waals surface area contributed by atoms with Crippen LogP contribution in [0.15, 0.2) is 54.6 Å². The van der Waals surface area contributed by atoms with Crippen LogP contribution in [-0.2, 0) is 5.51 Å².